The van der Waals surface area contributed by atoms with E-state index in [1.165, 1.54) is 0 Å². The molecular formula is C18H37F3N2O7P2-2. The molecule has 32 heavy (non-hydrogen) atoms. The zero-order chi connectivity index (χ0) is 25.8. The number of carbonyl (C=O) groups excluding carboxylic acids is 1. The van der Waals surface area contributed by atoms with Crippen LogP contribution in [0.15, 0.2) is 0 Å². The minimum absolute atomic E-state index is 0.0486. The summed E-state index contributed by atoms with van der Waals surface area (Å²) in [5.74, 6) is -1.94. The highest BCUT2D eigenvalue weighted by atomic mass is 31.2. The molecule has 0 aliphatic heterocycles. The largest absolute Gasteiger partial charge is 0.779 e. The summed E-state index contributed by atoms with van der Waals surface area (Å²) in [6.45, 7) is 4.50. The molecule has 0 aliphatic carbocycles. The predicted octanol–water partition coefficient (Wildman–Crippen LogP) is 2.78. The summed E-state index contributed by atoms with van der Waals surface area (Å²) in [7, 11) is -7.21. The molecule has 2 atom stereocenters. The van der Waals surface area contributed by atoms with E-state index in [0.717, 1.165) is 52.1 Å². The second-order valence-corrected chi connectivity index (χ2v) is 10.6. The van der Waals surface area contributed by atoms with Gasteiger partial charge in [-0.1, -0.05) is 32.6 Å². The first-order valence-corrected chi connectivity index (χ1v) is 14.4. The number of hydrogen-bond donors (Lipinski definition) is 2. The fourth-order valence-electron chi connectivity index (χ4n) is 2.17. The van der Waals surface area contributed by atoms with E-state index in [9.17, 15) is 36.9 Å². The highest BCUT2D eigenvalue weighted by Crippen LogP contribution is 2.31. The van der Waals surface area contributed by atoms with Crippen LogP contribution in [0, 0.1) is 0 Å². The molecule has 14 heteroatoms. The molecule has 0 bridgehead atoms. The van der Waals surface area contributed by atoms with Crippen molar-refractivity contribution >= 4 is 21.1 Å². The van der Waals surface area contributed by atoms with Crippen LogP contribution in [-0.4, -0.2) is 58.3 Å². The van der Waals surface area contributed by atoms with Crippen molar-refractivity contribution in [2.24, 2.45) is 0 Å². The Hall–Kier alpha value is -0.480. The lowest BCUT2D eigenvalue weighted by atomic mass is 10.2. The monoisotopic (exact) mass is 514 g/mol. The van der Waals surface area contributed by atoms with Crippen LogP contribution in [0.3, 0.4) is 0 Å². The minimum atomic E-state index is -4.84. The first-order chi connectivity index (χ1) is 15.2. The van der Waals surface area contributed by atoms with Gasteiger partial charge in [-0.3, -0.25) is 4.79 Å². The molecule has 0 spiro atoms. The van der Waals surface area contributed by atoms with Crippen LogP contribution in [0.1, 0.15) is 59.6 Å². The quantitative estimate of drug-likeness (QED) is 0.223. The lowest BCUT2D eigenvalue weighted by Gasteiger charge is -2.17. The van der Waals surface area contributed by atoms with Crippen LogP contribution in [0.4, 0.5) is 13.2 Å². The normalized spacial score (nSPS) is 15.7. The summed E-state index contributed by atoms with van der Waals surface area (Å²) in [5, 5.41) is 4.89. The molecular weight excluding hydrogens is 475 g/mol. The molecule has 0 aromatic heterocycles. The molecule has 0 radical (unpaired) electrons. The van der Waals surface area contributed by atoms with Crippen LogP contribution in [0.25, 0.3) is 0 Å². The molecule has 0 rings (SSSR count). The summed E-state index contributed by atoms with van der Waals surface area (Å²) in [6.07, 6.45) is 1.21. The van der Waals surface area contributed by atoms with Gasteiger partial charge in [0.05, 0.1) is 13.2 Å². The molecule has 0 aromatic carbocycles. The van der Waals surface area contributed by atoms with Crippen molar-refractivity contribution in [3.8, 4) is 0 Å². The maximum atomic E-state index is 11.8. The van der Waals surface area contributed by atoms with Gasteiger partial charge in [0, 0.05) is 21.2 Å². The van der Waals surface area contributed by atoms with E-state index in [4.69, 9.17) is 1.37 Å². The Labute approximate surface area is 190 Å². The molecule has 2 N–H and O–H groups in total. The molecule has 0 fully saturated rings. The topological polar surface area (TPSA) is 140 Å². The number of amides is 1. The highest BCUT2D eigenvalue weighted by molar-refractivity contribution is 7.50. The van der Waals surface area contributed by atoms with E-state index in [0.29, 0.717) is 39.2 Å². The van der Waals surface area contributed by atoms with E-state index >= 15 is 0 Å². The number of nitrogens with one attached hydrogen (secondary N) is 2. The molecule has 194 valence electrons. The van der Waals surface area contributed by atoms with Crippen molar-refractivity contribution in [1.82, 2.24) is 10.6 Å². The van der Waals surface area contributed by atoms with Crippen molar-refractivity contribution in [3.05, 3.63) is 0 Å². The van der Waals surface area contributed by atoms with Crippen molar-refractivity contribution < 1.29 is 47.3 Å². The third-order valence-corrected chi connectivity index (χ3v) is 4.99. The van der Waals surface area contributed by atoms with Crippen molar-refractivity contribution in [3.63, 3.8) is 0 Å². The van der Waals surface area contributed by atoms with Gasteiger partial charge in [-0.2, -0.15) is 13.2 Å². The average molecular weight is 514 g/mol. The second kappa shape index (κ2) is 18.9. The van der Waals surface area contributed by atoms with Crippen LogP contribution in [0.5, 0.6) is 0 Å². The van der Waals surface area contributed by atoms with E-state index in [1.807, 2.05) is 0 Å². The Morgan fingerprint density at radius 1 is 0.875 bits per heavy atom. The SMILES string of the molecule is CP(=O)([O-])OCCCCCCNC(=O)C(F)(F)F.[3H]CCNCCCCCCOP(C)(=O)[O-]. The Kier molecular flexibility index (Phi) is 18.6. The summed E-state index contributed by atoms with van der Waals surface area (Å²) in [5.41, 5.74) is 0. The third-order valence-electron chi connectivity index (χ3n) is 3.69. The maximum Gasteiger partial charge on any atom is 0.471 e. The summed E-state index contributed by atoms with van der Waals surface area (Å²) >= 11 is 0. The Bertz CT molecular complexity index is 590. The summed E-state index contributed by atoms with van der Waals surface area (Å²) < 4.78 is 72.5. The third kappa shape index (κ3) is 29.5. The smallest absolute Gasteiger partial charge is 0.471 e. The van der Waals surface area contributed by atoms with Gasteiger partial charge in [-0.05, 0) is 38.8 Å². The lowest BCUT2D eigenvalue weighted by molar-refractivity contribution is -0.197. The molecule has 0 aliphatic rings. The van der Waals surface area contributed by atoms with Gasteiger partial charge in [-0.25, -0.2) is 0 Å². The first kappa shape index (κ1) is 31.5. The van der Waals surface area contributed by atoms with Gasteiger partial charge in [0.1, 0.15) is 15.2 Å². The van der Waals surface area contributed by atoms with Crippen LogP contribution in [-0.2, 0) is 23.0 Å². The number of rotatable bonds is 17. The fourth-order valence-corrected chi connectivity index (χ4v) is 3.10. The fraction of sp³-hybridized carbons (Fsp3) is 0.944. The van der Waals surface area contributed by atoms with E-state index in [2.05, 4.69) is 14.4 Å². The molecule has 0 saturated carbocycles. The molecule has 9 nitrogen and oxygen atoms in total. The minimum Gasteiger partial charge on any atom is -0.779 e. The standard InChI is InChI=1S/C9H17F3NO4P.C9H22NO3P/c1-18(15,16)17-7-5-3-2-4-6-13-8(14)9(10,11)12;1-3-10-8-6-4-5-7-9-13-14(2,11)12/h2-7H2,1H3,(H,13,14)(H,15,16);10H,3-9H2,1-2H3,(H,11,12)/p-2/i;1T. The Balaban J connectivity index is 0. The van der Waals surface area contributed by atoms with Crippen LogP contribution >= 0.6 is 15.2 Å². The van der Waals surface area contributed by atoms with Gasteiger partial charge >= 0.3 is 12.1 Å². The second-order valence-electron chi connectivity index (χ2n) is 7.04. The molecule has 2 unspecified atom stereocenters. The van der Waals surface area contributed by atoms with Crippen molar-refractivity contribution in [1.29, 1.82) is 0 Å². The van der Waals surface area contributed by atoms with E-state index < -0.39 is 27.3 Å². The number of carbonyl (C=O) groups is 1. The first-order valence-electron chi connectivity index (χ1n) is 11.1. The summed E-state index contributed by atoms with van der Waals surface area (Å²) in [4.78, 5) is 31.6. The number of unbranched alkanes of at least 4 members (excludes halogenated alkanes) is 6. The van der Waals surface area contributed by atoms with Gasteiger partial charge in [0.25, 0.3) is 0 Å². The molecule has 1 amide bonds. The van der Waals surface area contributed by atoms with Crippen molar-refractivity contribution in [2.75, 3.05) is 46.2 Å². The van der Waals surface area contributed by atoms with Crippen molar-refractivity contribution in [2.45, 2.75) is 64.4 Å². The van der Waals surface area contributed by atoms with Gasteiger partial charge in [0.2, 0.25) is 0 Å². The zero-order valence-corrected chi connectivity index (χ0v) is 20.6. The van der Waals surface area contributed by atoms with E-state index in [-0.39, 0.29) is 13.2 Å². The molecule has 0 saturated heterocycles. The lowest BCUT2D eigenvalue weighted by Crippen LogP contribution is -2.37. The van der Waals surface area contributed by atoms with Gasteiger partial charge in [0.15, 0.2) is 0 Å². The highest BCUT2D eigenvalue weighted by Gasteiger charge is 2.38. The number of halogens is 3. The molecule has 0 heterocycles. The van der Waals surface area contributed by atoms with Gasteiger partial charge < -0.3 is 38.6 Å². The number of hydrogen-bond acceptors (Lipinski definition) is 8. The Morgan fingerprint density at radius 2 is 1.31 bits per heavy atom. The maximum absolute atomic E-state index is 11.8. The van der Waals surface area contributed by atoms with Crippen LogP contribution in [0.2, 0.25) is 0 Å². The average Bonchev–Trinajstić information content (AvgIpc) is 2.66. The Morgan fingerprint density at radius 3 is 1.72 bits per heavy atom. The number of alkyl halides is 3. The van der Waals surface area contributed by atoms with E-state index in [1.54, 1.807) is 5.32 Å². The van der Waals surface area contributed by atoms with Gasteiger partial charge in [-0.15, -0.1) is 0 Å². The predicted molar refractivity (Wildman–Crippen MR) is 114 cm³/mol. The van der Waals surface area contributed by atoms with Crippen LogP contribution < -0.4 is 20.4 Å². The zero-order valence-electron chi connectivity index (χ0n) is 19.8. The summed E-state index contributed by atoms with van der Waals surface area (Å²) in [6, 6.07) is 0. The molecule has 0 aromatic rings.